The van der Waals surface area contributed by atoms with Crippen molar-refractivity contribution in [1.29, 1.82) is 0 Å². The number of hydrogen-bond acceptors (Lipinski definition) is 3. The van der Waals surface area contributed by atoms with Crippen molar-refractivity contribution in [3.8, 4) is 5.75 Å². The van der Waals surface area contributed by atoms with Crippen molar-refractivity contribution in [2.45, 2.75) is 11.8 Å². The number of hydrogen-bond donors (Lipinski definition) is 1. The van der Waals surface area contributed by atoms with Crippen molar-refractivity contribution < 1.29 is 5.11 Å². The number of thioether (sulfide) groups is 1. The Morgan fingerprint density at radius 2 is 1.83 bits per heavy atom. The molecule has 2 aromatic rings. The van der Waals surface area contributed by atoms with Crippen LogP contribution in [-0.4, -0.2) is 17.1 Å². The van der Waals surface area contributed by atoms with E-state index in [4.69, 9.17) is 0 Å². The molecule has 2 aromatic carbocycles. The van der Waals surface area contributed by atoms with Crippen LogP contribution in [0.15, 0.2) is 58.4 Å². The van der Waals surface area contributed by atoms with Crippen molar-refractivity contribution in [2.75, 3.05) is 5.75 Å². The normalized spacial score (nSPS) is 10.9. The summed E-state index contributed by atoms with van der Waals surface area (Å²) in [5.41, 5.74) is 1.67. The van der Waals surface area contributed by atoms with E-state index in [0.717, 1.165) is 21.9 Å². The molecule has 1 N–H and O–H groups in total. The highest BCUT2D eigenvalue weighted by Gasteiger charge is 2.00. The van der Waals surface area contributed by atoms with E-state index in [1.54, 1.807) is 30.1 Å². The van der Waals surface area contributed by atoms with Crippen molar-refractivity contribution in [3.63, 3.8) is 0 Å². The zero-order chi connectivity index (χ0) is 12.8. The molecule has 0 bridgehead atoms. The monoisotopic (exact) mass is 257 g/mol. The summed E-state index contributed by atoms with van der Waals surface area (Å²) in [5.74, 6) is 1.27. The highest BCUT2D eigenvalue weighted by Crippen LogP contribution is 2.29. The standard InChI is InChI=1S/C15H15NOS/c1-2-18-15-10-6-4-8-13(15)16-11-12-7-3-5-9-14(12)17/h3-11,17H,2H2,1H3. The van der Waals surface area contributed by atoms with Gasteiger partial charge < -0.3 is 5.11 Å². The molecule has 0 saturated heterocycles. The summed E-state index contributed by atoms with van der Waals surface area (Å²) in [6.45, 7) is 2.12. The van der Waals surface area contributed by atoms with Crippen LogP contribution < -0.4 is 0 Å². The first-order chi connectivity index (χ1) is 8.81. The second kappa shape index (κ2) is 6.26. The van der Waals surface area contributed by atoms with E-state index in [2.05, 4.69) is 18.0 Å². The molecule has 0 aliphatic rings. The van der Waals surface area contributed by atoms with Gasteiger partial charge in [0.05, 0.1) is 5.69 Å². The van der Waals surface area contributed by atoms with Crippen molar-refractivity contribution in [1.82, 2.24) is 0 Å². The molecule has 92 valence electrons. The lowest BCUT2D eigenvalue weighted by Crippen LogP contribution is -1.82. The van der Waals surface area contributed by atoms with Gasteiger partial charge in [0.25, 0.3) is 0 Å². The highest BCUT2D eigenvalue weighted by molar-refractivity contribution is 7.99. The Balaban J connectivity index is 2.26. The summed E-state index contributed by atoms with van der Waals surface area (Å²) in [6, 6.07) is 15.2. The first-order valence-corrected chi connectivity index (χ1v) is 6.83. The van der Waals surface area contributed by atoms with E-state index >= 15 is 0 Å². The summed E-state index contributed by atoms with van der Waals surface area (Å²) in [5, 5.41) is 9.66. The maximum Gasteiger partial charge on any atom is 0.124 e. The smallest absolute Gasteiger partial charge is 0.124 e. The van der Waals surface area contributed by atoms with Crippen LogP contribution in [0.25, 0.3) is 0 Å². The average molecular weight is 257 g/mol. The molecule has 0 spiro atoms. The minimum Gasteiger partial charge on any atom is -0.507 e. The van der Waals surface area contributed by atoms with Crippen molar-refractivity contribution in [3.05, 3.63) is 54.1 Å². The van der Waals surface area contributed by atoms with Crippen LogP contribution in [0.1, 0.15) is 12.5 Å². The Kier molecular flexibility index (Phi) is 4.42. The molecular weight excluding hydrogens is 242 g/mol. The molecular formula is C15H15NOS. The molecule has 0 amide bonds. The Hall–Kier alpha value is -1.74. The van der Waals surface area contributed by atoms with Gasteiger partial charge in [-0.15, -0.1) is 11.8 Å². The average Bonchev–Trinajstić information content (AvgIpc) is 2.40. The van der Waals surface area contributed by atoms with Crippen LogP contribution in [0.5, 0.6) is 5.75 Å². The number of aliphatic imine (C=N–C) groups is 1. The van der Waals surface area contributed by atoms with Gasteiger partial charge in [-0.3, -0.25) is 4.99 Å². The van der Waals surface area contributed by atoms with Crippen LogP contribution >= 0.6 is 11.8 Å². The lowest BCUT2D eigenvalue weighted by Gasteiger charge is -2.03. The number of phenols is 1. The van der Waals surface area contributed by atoms with Crippen LogP contribution in [0, 0.1) is 0 Å². The van der Waals surface area contributed by atoms with Gasteiger partial charge in [0.2, 0.25) is 0 Å². The fourth-order valence-corrected chi connectivity index (χ4v) is 2.33. The zero-order valence-electron chi connectivity index (χ0n) is 10.2. The molecule has 0 aliphatic heterocycles. The second-order valence-electron chi connectivity index (χ2n) is 3.72. The minimum atomic E-state index is 0.252. The molecule has 0 heterocycles. The van der Waals surface area contributed by atoms with E-state index in [9.17, 15) is 5.11 Å². The third-order valence-corrected chi connectivity index (χ3v) is 3.39. The molecule has 3 heteroatoms. The number of para-hydroxylation sites is 2. The van der Waals surface area contributed by atoms with Crippen LogP contribution in [-0.2, 0) is 0 Å². The topological polar surface area (TPSA) is 32.6 Å². The summed E-state index contributed by atoms with van der Waals surface area (Å²) in [4.78, 5) is 5.61. The Bertz CT molecular complexity index is 552. The fourth-order valence-electron chi connectivity index (χ4n) is 1.58. The van der Waals surface area contributed by atoms with E-state index < -0.39 is 0 Å². The number of nitrogens with zero attached hydrogens (tertiary/aromatic N) is 1. The molecule has 0 radical (unpaired) electrons. The third-order valence-electron chi connectivity index (χ3n) is 2.44. The fraction of sp³-hybridized carbons (Fsp3) is 0.133. The molecule has 18 heavy (non-hydrogen) atoms. The Morgan fingerprint density at radius 1 is 1.11 bits per heavy atom. The van der Waals surface area contributed by atoms with Gasteiger partial charge in [0.1, 0.15) is 5.75 Å². The lowest BCUT2D eigenvalue weighted by atomic mass is 10.2. The van der Waals surface area contributed by atoms with E-state index in [0.29, 0.717) is 0 Å². The van der Waals surface area contributed by atoms with Gasteiger partial charge in [-0.1, -0.05) is 31.2 Å². The third kappa shape index (κ3) is 3.14. The zero-order valence-corrected chi connectivity index (χ0v) is 11.0. The van der Waals surface area contributed by atoms with Gasteiger partial charge in [0.15, 0.2) is 0 Å². The Labute approximate surface area is 111 Å². The Morgan fingerprint density at radius 3 is 2.61 bits per heavy atom. The maximum absolute atomic E-state index is 9.66. The number of rotatable bonds is 4. The molecule has 0 atom stereocenters. The van der Waals surface area contributed by atoms with E-state index in [1.807, 2.05) is 30.3 Å². The summed E-state index contributed by atoms with van der Waals surface area (Å²) >= 11 is 1.76. The van der Waals surface area contributed by atoms with Crippen LogP contribution in [0.4, 0.5) is 5.69 Å². The molecule has 0 unspecified atom stereocenters. The van der Waals surface area contributed by atoms with Crippen LogP contribution in [0.2, 0.25) is 0 Å². The lowest BCUT2D eigenvalue weighted by molar-refractivity contribution is 0.474. The summed E-state index contributed by atoms with van der Waals surface area (Å²) in [6.07, 6.45) is 1.70. The molecule has 0 fully saturated rings. The SMILES string of the molecule is CCSc1ccccc1N=Cc1ccccc1O. The van der Waals surface area contributed by atoms with Gasteiger partial charge in [-0.05, 0) is 30.0 Å². The summed E-state index contributed by atoms with van der Waals surface area (Å²) < 4.78 is 0. The molecule has 2 rings (SSSR count). The van der Waals surface area contributed by atoms with Gasteiger partial charge in [0, 0.05) is 16.7 Å². The van der Waals surface area contributed by atoms with Crippen molar-refractivity contribution in [2.24, 2.45) is 4.99 Å². The van der Waals surface area contributed by atoms with Gasteiger partial charge >= 0.3 is 0 Å². The second-order valence-corrected chi connectivity index (χ2v) is 5.02. The maximum atomic E-state index is 9.66. The highest BCUT2D eigenvalue weighted by atomic mass is 32.2. The van der Waals surface area contributed by atoms with Crippen LogP contribution in [0.3, 0.4) is 0 Å². The van der Waals surface area contributed by atoms with E-state index in [1.165, 1.54) is 0 Å². The summed E-state index contributed by atoms with van der Waals surface area (Å²) in [7, 11) is 0. The quantitative estimate of drug-likeness (QED) is 0.656. The first-order valence-electron chi connectivity index (χ1n) is 5.85. The molecule has 0 saturated carbocycles. The van der Waals surface area contributed by atoms with E-state index in [-0.39, 0.29) is 5.75 Å². The molecule has 2 nitrogen and oxygen atoms in total. The number of phenolic OH excluding ortho intramolecular Hbond substituents is 1. The van der Waals surface area contributed by atoms with Gasteiger partial charge in [-0.25, -0.2) is 0 Å². The van der Waals surface area contributed by atoms with Crippen molar-refractivity contribution >= 4 is 23.7 Å². The molecule has 0 aliphatic carbocycles. The largest absolute Gasteiger partial charge is 0.507 e. The predicted molar refractivity (Wildman–Crippen MR) is 78.2 cm³/mol. The molecule has 0 aromatic heterocycles. The first kappa shape index (κ1) is 12.7. The minimum absolute atomic E-state index is 0.252. The van der Waals surface area contributed by atoms with Gasteiger partial charge in [-0.2, -0.15) is 0 Å². The number of aromatic hydroxyl groups is 1. The number of benzene rings is 2. The predicted octanol–water partition coefficient (Wildman–Crippen LogP) is 4.25.